The number of aromatic nitrogens is 2. The van der Waals surface area contributed by atoms with E-state index in [1.165, 1.54) is 22.4 Å². The summed E-state index contributed by atoms with van der Waals surface area (Å²) in [5.74, 6) is 0.180. The number of hydrogen-bond acceptors (Lipinski definition) is 7. The van der Waals surface area contributed by atoms with E-state index in [4.69, 9.17) is 26.3 Å². The minimum Gasteiger partial charge on any atom is -0.462 e. The van der Waals surface area contributed by atoms with Gasteiger partial charge in [0.25, 0.3) is 5.91 Å². The number of ether oxygens (including phenoxy) is 1. The Labute approximate surface area is 255 Å². The van der Waals surface area contributed by atoms with Crippen LogP contribution in [-0.4, -0.2) is 77.6 Å². The molecule has 2 saturated heterocycles. The van der Waals surface area contributed by atoms with Crippen LogP contribution in [0.15, 0.2) is 42.7 Å². The Balaban J connectivity index is 1.29. The smallest absolute Gasteiger partial charge is 0.319 e. The quantitative estimate of drug-likeness (QED) is 0.331. The van der Waals surface area contributed by atoms with E-state index >= 15 is 0 Å². The number of nitrogens with zero attached hydrogens (tertiary/aromatic N) is 6. The number of piperazine rings is 1. The Kier molecular flexibility index (Phi) is 7.22. The maximum Gasteiger partial charge on any atom is 0.319 e. The zero-order valence-corrected chi connectivity index (χ0v) is 25.0. The molecule has 2 aromatic carbocycles. The van der Waals surface area contributed by atoms with Crippen LogP contribution in [0.4, 0.5) is 10.2 Å². The minimum atomic E-state index is -1.03. The highest BCUT2D eigenvalue weighted by atomic mass is 35.5. The maximum absolute atomic E-state index is 13.8. The van der Waals surface area contributed by atoms with Gasteiger partial charge in [-0.25, -0.2) is 4.39 Å². The van der Waals surface area contributed by atoms with Crippen molar-refractivity contribution in [2.45, 2.75) is 50.1 Å². The molecule has 0 bridgehead atoms. The summed E-state index contributed by atoms with van der Waals surface area (Å²) in [7, 11) is 2.10. The summed E-state index contributed by atoms with van der Waals surface area (Å²) in [4.78, 5) is 28.0. The summed E-state index contributed by atoms with van der Waals surface area (Å²) >= 11 is 7.03. The van der Waals surface area contributed by atoms with E-state index in [-0.39, 0.29) is 19.0 Å². The van der Waals surface area contributed by atoms with Gasteiger partial charge in [-0.1, -0.05) is 36.4 Å². The summed E-state index contributed by atoms with van der Waals surface area (Å²) in [6.45, 7) is 5.62. The lowest BCUT2D eigenvalue weighted by molar-refractivity contribution is -0.131. The largest absolute Gasteiger partial charge is 0.462 e. The van der Waals surface area contributed by atoms with Crippen molar-refractivity contribution < 1.29 is 13.9 Å². The molecule has 0 N–H and O–H groups in total. The van der Waals surface area contributed by atoms with Crippen molar-refractivity contribution in [2.75, 3.05) is 44.7 Å². The lowest BCUT2D eigenvalue weighted by Gasteiger charge is -2.41. The average Bonchev–Trinajstić information content (AvgIpc) is 3.47. The number of halogens is 2. The number of likely N-dealkylation sites (tertiary alicyclic amines) is 1. The second kappa shape index (κ2) is 11.1. The highest BCUT2D eigenvalue weighted by molar-refractivity contribution is 6.34. The van der Waals surface area contributed by atoms with Crippen LogP contribution in [-0.2, 0) is 11.2 Å². The zero-order chi connectivity index (χ0) is 29.8. The van der Waals surface area contributed by atoms with E-state index in [9.17, 15) is 14.4 Å². The fourth-order valence-corrected chi connectivity index (χ4v) is 7.57. The standard InChI is InChI=1S/C33H34ClFN6O2/c1-19(35)32(42)41-12-11-40(17-22(41)8-9-36)31-27-15-28(34)26(24-7-3-5-20-13-21-14-25(21)30(20)24)16-29(27)37-33(38-31)43-18-23-6-4-10-39(23)2/h3,5,7,15-16,21-23,25H,1,4,6,8,10-14,17-18H2,2H3/t21?,22-,23-,25?/m0/s1. The number of carbonyl (C=O) groups excluding carboxylic acids is 1. The number of benzene rings is 2. The second-order valence-electron chi connectivity index (χ2n) is 12.3. The predicted molar refractivity (Wildman–Crippen MR) is 164 cm³/mol. The van der Waals surface area contributed by atoms with E-state index < -0.39 is 17.8 Å². The molecule has 2 aliphatic carbocycles. The van der Waals surface area contributed by atoms with Crippen LogP contribution >= 0.6 is 11.6 Å². The second-order valence-corrected chi connectivity index (χ2v) is 12.7. The van der Waals surface area contributed by atoms with Crippen LogP contribution in [0, 0.1) is 17.2 Å². The molecule has 2 unspecified atom stereocenters. The molecular weight excluding hydrogens is 567 g/mol. The fourth-order valence-electron chi connectivity index (χ4n) is 7.31. The Morgan fingerprint density at radius 2 is 2.07 bits per heavy atom. The first-order valence-electron chi connectivity index (χ1n) is 15.1. The Morgan fingerprint density at radius 1 is 1.21 bits per heavy atom. The Morgan fingerprint density at radius 3 is 2.84 bits per heavy atom. The van der Waals surface area contributed by atoms with Crippen molar-refractivity contribution in [1.29, 1.82) is 5.26 Å². The molecule has 7 rings (SSSR count). The molecule has 1 aromatic heterocycles. The number of rotatable bonds is 7. The van der Waals surface area contributed by atoms with Crippen LogP contribution in [0.25, 0.3) is 22.0 Å². The summed E-state index contributed by atoms with van der Waals surface area (Å²) in [5.41, 5.74) is 5.66. The monoisotopic (exact) mass is 600 g/mol. The van der Waals surface area contributed by atoms with E-state index in [0.29, 0.717) is 42.5 Å². The maximum atomic E-state index is 13.8. The van der Waals surface area contributed by atoms with Gasteiger partial charge in [-0.3, -0.25) is 4.79 Å². The Bertz CT molecular complexity index is 1670. The van der Waals surface area contributed by atoms with Crippen molar-refractivity contribution in [3.05, 3.63) is 58.9 Å². The van der Waals surface area contributed by atoms with Crippen LogP contribution in [0.3, 0.4) is 0 Å². The number of fused-ring (bicyclic) bond motifs is 4. The third-order valence-electron chi connectivity index (χ3n) is 9.68. The van der Waals surface area contributed by atoms with Crippen LogP contribution < -0.4 is 9.64 Å². The van der Waals surface area contributed by atoms with E-state index in [2.05, 4.69) is 42.8 Å². The van der Waals surface area contributed by atoms with Crippen molar-refractivity contribution in [3.63, 3.8) is 0 Å². The highest BCUT2D eigenvalue weighted by Crippen LogP contribution is 2.59. The van der Waals surface area contributed by atoms with Gasteiger partial charge in [0.1, 0.15) is 12.4 Å². The van der Waals surface area contributed by atoms with Crippen LogP contribution in [0.1, 0.15) is 42.7 Å². The van der Waals surface area contributed by atoms with Crippen molar-refractivity contribution in [1.82, 2.24) is 19.8 Å². The normalized spacial score (nSPS) is 24.5. The molecule has 222 valence electrons. The predicted octanol–water partition coefficient (Wildman–Crippen LogP) is 5.50. The first-order chi connectivity index (χ1) is 20.8. The molecule has 4 aliphatic rings. The third kappa shape index (κ3) is 5.11. The number of carbonyl (C=O) groups is 1. The van der Waals surface area contributed by atoms with Gasteiger partial charge in [-0.05, 0) is 79.9 Å². The van der Waals surface area contributed by atoms with E-state index in [1.807, 2.05) is 17.0 Å². The van der Waals surface area contributed by atoms with Gasteiger partial charge in [0.15, 0.2) is 5.83 Å². The van der Waals surface area contributed by atoms with Gasteiger partial charge < -0.3 is 19.4 Å². The van der Waals surface area contributed by atoms with Crippen LogP contribution in [0.2, 0.25) is 5.02 Å². The average molecular weight is 601 g/mol. The summed E-state index contributed by atoms with van der Waals surface area (Å²) < 4.78 is 20.0. The van der Waals surface area contributed by atoms with Crippen molar-refractivity contribution in [3.8, 4) is 23.2 Å². The number of anilines is 1. The molecule has 1 amide bonds. The van der Waals surface area contributed by atoms with Gasteiger partial charge in [-0.15, -0.1) is 0 Å². The molecule has 3 aromatic rings. The first-order valence-corrected chi connectivity index (χ1v) is 15.4. The number of nitriles is 1. The van der Waals surface area contributed by atoms with E-state index in [0.717, 1.165) is 53.8 Å². The SMILES string of the molecule is C=C(F)C(=O)N1CCN(c2nc(OC[C@@H]3CCCN3C)nc3cc(-c4cccc5c4C4CC4C5)c(Cl)cc23)C[C@@H]1CC#N. The fraction of sp³-hybridized carbons (Fsp3) is 0.455. The number of likely N-dealkylation sites (N-methyl/N-ethyl adjacent to an activating group) is 1. The van der Waals surface area contributed by atoms with Gasteiger partial charge in [0.2, 0.25) is 0 Å². The summed E-state index contributed by atoms with van der Waals surface area (Å²) in [5, 5.41) is 10.9. The third-order valence-corrected chi connectivity index (χ3v) is 10.00. The highest BCUT2D eigenvalue weighted by Gasteiger charge is 2.46. The summed E-state index contributed by atoms with van der Waals surface area (Å²) in [6, 6.07) is 12.7. The molecule has 10 heteroatoms. The molecule has 3 heterocycles. The topological polar surface area (TPSA) is 85.6 Å². The van der Waals surface area contributed by atoms with Crippen molar-refractivity contribution in [2.24, 2.45) is 5.92 Å². The molecular formula is C33H34ClFN6O2. The molecule has 2 aliphatic heterocycles. The van der Waals surface area contributed by atoms with Crippen molar-refractivity contribution >= 4 is 34.2 Å². The lowest BCUT2D eigenvalue weighted by Crippen LogP contribution is -2.55. The molecule has 4 atom stereocenters. The van der Waals surface area contributed by atoms with Gasteiger partial charge in [0, 0.05) is 41.6 Å². The Hall–Kier alpha value is -3.74. The molecule has 1 saturated carbocycles. The molecule has 8 nitrogen and oxygen atoms in total. The molecule has 0 radical (unpaired) electrons. The number of amides is 1. The van der Waals surface area contributed by atoms with Gasteiger partial charge in [-0.2, -0.15) is 15.2 Å². The number of hydrogen-bond donors (Lipinski definition) is 0. The zero-order valence-electron chi connectivity index (χ0n) is 24.2. The van der Waals surface area contributed by atoms with Crippen LogP contribution in [0.5, 0.6) is 6.01 Å². The lowest BCUT2D eigenvalue weighted by atomic mass is 9.93. The first kappa shape index (κ1) is 28.1. The minimum absolute atomic E-state index is 0.0576. The summed E-state index contributed by atoms with van der Waals surface area (Å²) in [6.07, 6.45) is 4.62. The molecule has 0 spiro atoms. The van der Waals surface area contributed by atoms with Gasteiger partial charge in [0.05, 0.1) is 24.0 Å². The molecule has 43 heavy (non-hydrogen) atoms. The van der Waals surface area contributed by atoms with E-state index in [1.54, 1.807) is 0 Å². The molecule has 3 fully saturated rings. The van der Waals surface area contributed by atoms with Gasteiger partial charge >= 0.3 is 6.01 Å².